The zero-order valence-electron chi connectivity index (χ0n) is 20.5. The SMILES string of the molecule is COc1ccc(C(=O)N2CCC[C@H](c3nc(-c4cc(OC)c(OC)c(OC)c4)no3)C2)cc1OC. The van der Waals surface area contributed by atoms with Crippen molar-refractivity contribution in [1.29, 1.82) is 0 Å². The van der Waals surface area contributed by atoms with E-state index in [-0.39, 0.29) is 11.8 Å². The monoisotopic (exact) mass is 483 g/mol. The maximum absolute atomic E-state index is 13.2. The Bertz CT molecular complexity index is 1170. The predicted octanol–water partition coefficient (Wildman–Crippen LogP) is 3.80. The molecule has 1 amide bonds. The highest BCUT2D eigenvalue weighted by Gasteiger charge is 2.30. The van der Waals surface area contributed by atoms with Gasteiger partial charge in [0, 0.05) is 24.2 Å². The van der Waals surface area contributed by atoms with Gasteiger partial charge in [-0.05, 0) is 43.2 Å². The number of ether oxygens (including phenoxy) is 5. The van der Waals surface area contributed by atoms with Gasteiger partial charge in [-0.25, -0.2) is 0 Å². The van der Waals surface area contributed by atoms with Crippen LogP contribution in [0.25, 0.3) is 11.4 Å². The largest absolute Gasteiger partial charge is 0.493 e. The van der Waals surface area contributed by atoms with Crippen molar-refractivity contribution < 1.29 is 33.0 Å². The molecule has 186 valence electrons. The Kier molecular flexibility index (Phi) is 7.28. The van der Waals surface area contributed by atoms with Gasteiger partial charge in [-0.15, -0.1) is 0 Å². The average Bonchev–Trinajstić information content (AvgIpc) is 3.42. The van der Waals surface area contributed by atoms with Crippen LogP contribution >= 0.6 is 0 Å². The van der Waals surface area contributed by atoms with E-state index in [0.29, 0.717) is 64.7 Å². The standard InChI is InChI=1S/C25H29N3O7/c1-30-18-9-8-15(11-19(18)31-2)25(29)28-10-6-7-16(14-28)24-26-23(27-35-24)17-12-20(32-3)22(34-5)21(13-17)33-4/h8-9,11-13,16H,6-7,10,14H2,1-5H3/t16-/m0/s1. The van der Waals surface area contributed by atoms with Crippen molar-refractivity contribution in [1.82, 2.24) is 15.0 Å². The summed E-state index contributed by atoms with van der Waals surface area (Å²) in [6.45, 7) is 1.13. The minimum atomic E-state index is -0.0833. The van der Waals surface area contributed by atoms with Gasteiger partial charge in [0.2, 0.25) is 17.5 Å². The topological polar surface area (TPSA) is 105 Å². The highest BCUT2D eigenvalue weighted by atomic mass is 16.5. The van der Waals surface area contributed by atoms with Crippen LogP contribution in [0.5, 0.6) is 28.7 Å². The Balaban J connectivity index is 1.54. The van der Waals surface area contributed by atoms with Gasteiger partial charge in [0.05, 0.1) is 41.5 Å². The lowest BCUT2D eigenvalue weighted by molar-refractivity contribution is 0.0695. The first kappa shape index (κ1) is 24.2. The van der Waals surface area contributed by atoms with Crippen LogP contribution in [-0.4, -0.2) is 69.6 Å². The van der Waals surface area contributed by atoms with Crippen molar-refractivity contribution in [3.8, 4) is 40.1 Å². The lowest BCUT2D eigenvalue weighted by Crippen LogP contribution is -2.39. The molecule has 10 heteroatoms. The maximum atomic E-state index is 13.2. The van der Waals surface area contributed by atoms with E-state index in [9.17, 15) is 4.79 Å². The number of methoxy groups -OCH3 is 5. The Morgan fingerprint density at radius 1 is 0.914 bits per heavy atom. The smallest absolute Gasteiger partial charge is 0.254 e. The number of hydrogen-bond donors (Lipinski definition) is 0. The molecule has 1 aliphatic heterocycles. The molecule has 0 aliphatic carbocycles. The third-order valence-corrected chi connectivity index (χ3v) is 6.05. The molecule has 1 saturated heterocycles. The first-order valence-electron chi connectivity index (χ1n) is 11.2. The minimum absolute atomic E-state index is 0.0730. The third-order valence-electron chi connectivity index (χ3n) is 6.05. The van der Waals surface area contributed by atoms with E-state index in [0.717, 1.165) is 12.8 Å². The number of carbonyl (C=O) groups is 1. The Hall–Kier alpha value is -3.95. The van der Waals surface area contributed by atoms with Gasteiger partial charge in [-0.1, -0.05) is 5.16 Å². The van der Waals surface area contributed by atoms with Gasteiger partial charge in [-0.3, -0.25) is 4.79 Å². The van der Waals surface area contributed by atoms with E-state index in [2.05, 4.69) is 10.1 Å². The summed E-state index contributed by atoms with van der Waals surface area (Å²) < 4.78 is 32.5. The second kappa shape index (κ2) is 10.5. The van der Waals surface area contributed by atoms with E-state index in [4.69, 9.17) is 28.2 Å². The number of amides is 1. The number of carbonyl (C=O) groups excluding carboxylic acids is 1. The highest BCUT2D eigenvalue weighted by molar-refractivity contribution is 5.95. The van der Waals surface area contributed by atoms with E-state index in [1.807, 2.05) is 0 Å². The van der Waals surface area contributed by atoms with Crippen molar-refractivity contribution in [2.45, 2.75) is 18.8 Å². The quantitative estimate of drug-likeness (QED) is 0.473. The van der Waals surface area contributed by atoms with Crippen molar-refractivity contribution in [3.63, 3.8) is 0 Å². The first-order valence-corrected chi connectivity index (χ1v) is 11.2. The fourth-order valence-corrected chi connectivity index (χ4v) is 4.24. The lowest BCUT2D eigenvalue weighted by Gasteiger charge is -2.31. The summed E-state index contributed by atoms with van der Waals surface area (Å²) in [6.07, 6.45) is 1.66. The molecule has 1 atom stereocenters. The van der Waals surface area contributed by atoms with Gasteiger partial charge < -0.3 is 33.1 Å². The Morgan fingerprint density at radius 2 is 1.60 bits per heavy atom. The summed E-state index contributed by atoms with van der Waals surface area (Å²) in [5.41, 5.74) is 1.20. The van der Waals surface area contributed by atoms with E-state index in [1.165, 1.54) is 0 Å². The number of rotatable bonds is 8. The van der Waals surface area contributed by atoms with Gasteiger partial charge >= 0.3 is 0 Å². The molecule has 0 unspecified atom stereocenters. The number of likely N-dealkylation sites (tertiary alicyclic amines) is 1. The van der Waals surface area contributed by atoms with Crippen LogP contribution in [0.3, 0.4) is 0 Å². The van der Waals surface area contributed by atoms with Gasteiger partial charge in [-0.2, -0.15) is 4.98 Å². The molecule has 35 heavy (non-hydrogen) atoms. The zero-order chi connectivity index (χ0) is 24.9. The lowest BCUT2D eigenvalue weighted by atomic mass is 9.97. The van der Waals surface area contributed by atoms with E-state index >= 15 is 0 Å². The van der Waals surface area contributed by atoms with Crippen LogP contribution < -0.4 is 23.7 Å². The summed E-state index contributed by atoms with van der Waals surface area (Å²) in [5, 5.41) is 4.17. The fraction of sp³-hybridized carbons (Fsp3) is 0.400. The summed E-state index contributed by atoms with van der Waals surface area (Å²) >= 11 is 0. The van der Waals surface area contributed by atoms with E-state index in [1.54, 1.807) is 70.8 Å². The molecule has 2 heterocycles. The van der Waals surface area contributed by atoms with Crippen molar-refractivity contribution >= 4 is 5.91 Å². The maximum Gasteiger partial charge on any atom is 0.254 e. The van der Waals surface area contributed by atoms with Crippen LogP contribution in [0, 0.1) is 0 Å². The van der Waals surface area contributed by atoms with Crippen LogP contribution in [0.4, 0.5) is 0 Å². The van der Waals surface area contributed by atoms with Crippen LogP contribution in [0.15, 0.2) is 34.9 Å². The summed E-state index contributed by atoms with van der Waals surface area (Å²) in [7, 11) is 7.75. The summed E-state index contributed by atoms with van der Waals surface area (Å²) in [5.74, 6) is 3.30. The molecule has 0 saturated carbocycles. The van der Waals surface area contributed by atoms with Crippen molar-refractivity contribution in [2.75, 3.05) is 48.6 Å². The molecule has 1 aromatic heterocycles. The number of hydrogen-bond acceptors (Lipinski definition) is 9. The molecular formula is C25H29N3O7. The molecule has 0 bridgehead atoms. The minimum Gasteiger partial charge on any atom is -0.493 e. The molecular weight excluding hydrogens is 454 g/mol. The normalized spacial score (nSPS) is 15.5. The second-order valence-corrected chi connectivity index (χ2v) is 8.03. The van der Waals surface area contributed by atoms with E-state index < -0.39 is 0 Å². The van der Waals surface area contributed by atoms with Gasteiger partial charge in [0.1, 0.15) is 0 Å². The molecule has 0 spiro atoms. The molecule has 2 aromatic carbocycles. The van der Waals surface area contributed by atoms with Gasteiger partial charge in [0.25, 0.3) is 5.91 Å². The molecule has 0 N–H and O–H groups in total. The predicted molar refractivity (Wildman–Crippen MR) is 127 cm³/mol. The zero-order valence-corrected chi connectivity index (χ0v) is 20.5. The third kappa shape index (κ3) is 4.82. The summed E-state index contributed by atoms with van der Waals surface area (Å²) in [6, 6.07) is 8.70. The molecule has 1 aliphatic rings. The van der Waals surface area contributed by atoms with Crippen LogP contribution in [0.1, 0.15) is 35.0 Å². The first-order chi connectivity index (χ1) is 17.0. The summed E-state index contributed by atoms with van der Waals surface area (Å²) in [4.78, 5) is 19.6. The van der Waals surface area contributed by atoms with Crippen molar-refractivity contribution in [2.24, 2.45) is 0 Å². The molecule has 0 radical (unpaired) electrons. The number of aromatic nitrogens is 2. The molecule has 1 fully saturated rings. The van der Waals surface area contributed by atoms with Crippen LogP contribution in [-0.2, 0) is 0 Å². The Morgan fingerprint density at radius 3 is 2.23 bits per heavy atom. The number of piperidine rings is 1. The van der Waals surface area contributed by atoms with Crippen molar-refractivity contribution in [3.05, 3.63) is 41.8 Å². The van der Waals surface area contributed by atoms with Crippen LogP contribution in [0.2, 0.25) is 0 Å². The highest BCUT2D eigenvalue weighted by Crippen LogP contribution is 2.41. The fourth-order valence-electron chi connectivity index (χ4n) is 4.24. The Labute approximate surface area is 203 Å². The molecule has 4 rings (SSSR count). The number of nitrogens with zero attached hydrogens (tertiary/aromatic N) is 3. The van der Waals surface area contributed by atoms with Gasteiger partial charge in [0.15, 0.2) is 23.0 Å². The second-order valence-electron chi connectivity index (χ2n) is 8.03. The average molecular weight is 484 g/mol. The molecule has 10 nitrogen and oxygen atoms in total. The molecule has 3 aromatic rings. The number of benzene rings is 2.